The van der Waals surface area contributed by atoms with E-state index in [9.17, 15) is 4.39 Å². The van der Waals surface area contributed by atoms with Crippen LogP contribution in [0, 0.1) is 5.82 Å². The quantitative estimate of drug-likeness (QED) is 0.850. The molecule has 2 N–H and O–H groups in total. The lowest BCUT2D eigenvalue weighted by molar-refractivity contribution is 0.585. The lowest BCUT2D eigenvalue weighted by Crippen LogP contribution is -2.09. The number of rotatable bonds is 3. The van der Waals surface area contributed by atoms with Crippen molar-refractivity contribution >= 4 is 11.8 Å². The molecule has 0 aliphatic carbocycles. The maximum Gasteiger partial charge on any atom is 0.129 e. The van der Waals surface area contributed by atoms with Crippen LogP contribution < -0.4 is 5.73 Å². The summed E-state index contributed by atoms with van der Waals surface area (Å²) in [5, 5.41) is 0.771. The smallest absolute Gasteiger partial charge is 0.129 e. The molecule has 1 aromatic carbocycles. The number of nitrogens with zero attached hydrogens (tertiary/aromatic N) is 2. The number of benzene rings is 1. The summed E-state index contributed by atoms with van der Waals surface area (Å²) in [4.78, 5) is 8.72. The zero-order valence-corrected chi connectivity index (χ0v) is 10.1. The molecule has 0 spiro atoms. The number of nitrogens with two attached hydrogens (primary N) is 1. The van der Waals surface area contributed by atoms with Crippen molar-refractivity contribution < 1.29 is 4.39 Å². The fourth-order valence-corrected chi connectivity index (χ4v) is 2.49. The molecule has 0 aliphatic rings. The van der Waals surface area contributed by atoms with E-state index in [4.69, 9.17) is 5.73 Å². The van der Waals surface area contributed by atoms with Crippen LogP contribution in [0.25, 0.3) is 0 Å². The van der Waals surface area contributed by atoms with Gasteiger partial charge in [-0.2, -0.15) is 0 Å². The maximum absolute atomic E-state index is 13.7. The van der Waals surface area contributed by atoms with Crippen molar-refractivity contribution in [2.45, 2.75) is 22.9 Å². The maximum atomic E-state index is 13.7. The van der Waals surface area contributed by atoms with Crippen molar-refractivity contribution in [1.29, 1.82) is 0 Å². The molecule has 0 aliphatic heterocycles. The highest BCUT2D eigenvalue weighted by Crippen LogP contribution is 2.32. The Bertz CT molecular complexity index is 502. The van der Waals surface area contributed by atoms with Crippen LogP contribution in [-0.4, -0.2) is 9.97 Å². The van der Waals surface area contributed by atoms with E-state index >= 15 is 0 Å². The second kappa shape index (κ2) is 5.25. The molecule has 1 aromatic heterocycles. The standard InChI is InChI=1S/C12H12FN3S/c1-8(14)12-9(13)3-2-4-10(12)17-11-5-6-15-7-16-11/h2-8H,14H2,1H3. The van der Waals surface area contributed by atoms with Crippen LogP contribution in [0.5, 0.6) is 0 Å². The van der Waals surface area contributed by atoms with Gasteiger partial charge in [-0.05, 0) is 25.1 Å². The van der Waals surface area contributed by atoms with Crippen LogP contribution in [0.1, 0.15) is 18.5 Å². The van der Waals surface area contributed by atoms with E-state index in [-0.39, 0.29) is 11.9 Å². The summed E-state index contributed by atoms with van der Waals surface area (Å²) in [6.07, 6.45) is 3.12. The predicted octanol–water partition coefficient (Wildman–Crippen LogP) is 2.79. The van der Waals surface area contributed by atoms with Gasteiger partial charge in [0.1, 0.15) is 17.2 Å². The third kappa shape index (κ3) is 2.81. The summed E-state index contributed by atoms with van der Waals surface area (Å²) in [5.74, 6) is -0.279. The summed E-state index contributed by atoms with van der Waals surface area (Å²) in [6, 6.07) is 6.36. The molecular formula is C12H12FN3S. The van der Waals surface area contributed by atoms with Crippen molar-refractivity contribution in [1.82, 2.24) is 9.97 Å². The van der Waals surface area contributed by atoms with E-state index in [0.29, 0.717) is 5.56 Å². The highest BCUT2D eigenvalue weighted by atomic mass is 32.2. The van der Waals surface area contributed by atoms with E-state index in [2.05, 4.69) is 9.97 Å². The first-order valence-electron chi connectivity index (χ1n) is 5.16. The second-order valence-corrected chi connectivity index (χ2v) is 4.65. The van der Waals surface area contributed by atoms with Gasteiger partial charge < -0.3 is 5.73 Å². The molecule has 1 unspecified atom stereocenters. The highest BCUT2D eigenvalue weighted by molar-refractivity contribution is 7.99. The van der Waals surface area contributed by atoms with E-state index in [1.165, 1.54) is 24.2 Å². The van der Waals surface area contributed by atoms with Crippen molar-refractivity contribution in [3.05, 3.63) is 48.2 Å². The highest BCUT2D eigenvalue weighted by Gasteiger charge is 2.13. The van der Waals surface area contributed by atoms with Gasteiger partial charge >= 0.3 is 0 Å². The lowest BCUT2D eigenvalue weighted by Gasteiger charge is -2.12. The van der Waals surface area contributed by atoms with Crippen LogP contribution >= 0.6 is 11.8 Å². The molecule has 1 heterocycles. The summed E-state index contributed by atoms with van der Waals surface area (Å²) in [6.45, 7) is 1.77. The first-order valence-corrected chi connectivity index (χ1v) is 5.98. The van der Waals surface area contributed by atoms with Crippen LogP contribution in [0.15, 0.2) is 46.7 Å². The summed E-state index contributed by atoms with van der Waals surface area (Å²) in [7, 11) is 0. The van der Waals surface area contributed by atoms with Crippen molar-refractivity contribution in [2.75, 3.05) is 0 Å². The second-order valence-electron chi connectivity index (χ2n) is 3.59. The molecule has 5 heteroatoms. The zero-order chi connectivity index (χ0) is 12.3. The van der Waals surface area contributed by atoms with Gasteiger partial charge in [-0.3, -0.25) is 0 Å². The molecule has 0 saturated heterocycles. The van der Waals surface area contributed by atoms with Crippen molar-refractivity contribution in [2.24, 2.45) is 5.73 Å². The molecule has 88 valence electrons. The minimum absolute atomic E-state index is 0.279. The number of halogens is 1. The molecule has 0 amide bonds. The summed E-state index contributed by atoms with van der Waals surface area (Å²) < 4.78 is 13.7. The number of hydrogen-bond donors (Lipinski definition) is 1. The molecule has 0 fully saturated rings. The largest absolute Gasteiger partial charge is 0.324 e. The molecular weight excluding hydrogens is 237 g/mol. The van der Waals surface area contributed by atoms with Gasteiger partial charge in [-0.15, -0.1) is 0 Å². The third-order valence-electron chi connectivity index (χ3n) is 2.24. The molecule has 17 heavy (non-hydrogen) atoms. The third-order valence-corrected chi connectivity index (χ3v) is 3.26. The molecule has 0 saturated carbocycles. The summed E-state index contributed by atoms with van der Waals surface area (Å²) >= 11 is 1.39. The summed E-state index contributed by atoms with van der Waals surface area (Å²) in [5.41, 5.74) is 6.31. The average Bonchev–Trinajstić information content (AvgIpc) is 2.30. The van der Waals surface area contributed by atoms with Crippen LogP contribution in [-0.2, 0) is 0 Å². The van der Waals surface area contributed by atoms with Gasteiger partial charge in [-0.1, -0.05) is 17.8 Å². The van der Waals surface area contributed by atoms with Gasteiger partial charge in [-0.25, -0.2) is 14.4 Å². The minimum atomic E-state index is -0.347. The monoisotopic (exact) mass is 249 g/mol. The van der Waals surface area contributed by atoms with Gasteiger partial charge in [0.15, 0.2) is 0 Å². The first-order chi connectivity index (χ1) is 8.18. The van der Waals surface area contributed by atoms with Crippen LogP contribution in [0.2, 0.25) is 0 Å². The van der Waals surface area contributed by atoms with Crippen molar-refractivity contribution in [3.8, 4) is 0 Å². The Kier molecular flexibility index (Phi) is 3.71. The fraction of sp³-hybridized carbons (Fsp3) is 0.167. The van der Waals surface area contributed by atoms with Crippen molar-refractivity contribution in [3.63, 3.8) is 0 Å². The Morgan fingerprint density at radius 2 is 2.18 bits per heavy atom. The first kappa shape index (κ1) is 12.0. The minimum Gasteiger partial charge on any atom is -0.324 e. The molecule has 0 radical (unpaired) electrons. The van der Waals surface area contributed by atoms with Gasteiger partial charge in [0, 0.05) is 22.7 Å². The topological polar surface area (TPSA) is 51.8 Å². The molecule has 0 bridgehead atoms. The van der Waals surface area contributed by atoms with Crippen LogP contribution in [0.3, 0.4) is 0 Å². The normalized spacial score (nSPS) is 12.4. The average molecular weight is 249 g/mol. The van der Waals surface area contributed by atoms with Gasteiger partial charge in [0.2, 0.25) is 0 Å². The molecule has 3 nitrogen and oxygen atoms in total. The SMILES string of the molecule is CC(N)c1c(F)cccc1Sc1ccncn1. The fourth-order valence-electron chi connectivity index (χ4n) is 1.50. The van der Waals surface area contributed by atoms with E-state index in [0.717, 1.165) is 9.92 Å². The Morgan fingerprint density at radius 3 is 2.82 bits per heavy atom. The molecule has 2 rings (SSSR count). The molecule has 2 aromatic rings. The Balaban J connectivity index is 2.36. The lowest BCUT2D eigenvalue weighted by atomic mass is 10.1. The Labute approximate surface area is 103 Å². The van der Waals surface area contributed by atoms with E-state index in [1.54, 1.807) is 25.3 Å². The van der Waals surface area contributed by atoms with E-state index < -0.39 is 0 Å². The number of aromatic nitrogens is 2. The van der Waals surface area contributed by atoms with Gasteiger partial charge in [0.25, 0.3) is 0 Å². The Morgan fingerprint density at radius 1 is 1.35 bits per heavy atom. The molecule has 1 atom stereocenters. The van der Waals surface area contributed by atoms with Crippen LogP contribution in [0.4, 0.5) is 4.39 Å². The zero-order valence-electron chi connectivity index (χ0n) is 9.30. The van der Waals surface area contributed by atoms with E-state index in [1.807, 2.05) is 6.07 Å². The number of hydrogen-bond acceptors (Lipinski definition) is 4. The predicted molar refractivity (Wildman–Crippen MR) is 65.2 cm³/mol. The van der Waals surface area contributed by atoms with Gasteiger partial charge in [0.05, 0.1) is 0 Å². The Hall–Kier alpha value is -1.46.